The Hall–Kier alpha value is -2.22. The molecule has 0 atom stereocenters. The van der Waals surface area contributed by atoms with E-state index in [0.717, 1.165) is 25.9 Å². The summed E-state index contributed by atoms with van der Waals surface area (Å²) in [6.07, 6.45) is 5.16. The summed E-state index contributed by atoms with van der Waals surface area (Å²) in [5.41, 5.74) is 0.927. The van der Waals surface area contributed by atoms with Crippen LogP contribution in [0.3, 0.4) is 0 Å². The number of carbonyl (C=O) groups excluding carboxylic acids is 1. The maximum Gasteiger partial charge on any atom is 0.288 e. The first-order valence-electron chi connectivity index (χ1n) is 8.52. The highest BCUT2D eigenvalue weighted by molar-refractivity contribution is 7.99. The van der Waals surface area contributed by atoms with Gasteiger partial charge in [0.15, 0.2) is 0 Å². The SMILES string of the molecule is O=C(NCc1ccnc(N2CCCCC2)n1)c1ccccc1SC(F)F. The van der Waals surface area contributed by atoms with Gasteiger partial charge in [0.25, 0.3) is 11.7 Å². The number of thioether (sulfide) groups is 1. The molecule has 1 aromatic heterocycles. The van der Waals surface area contributed by atoms with Crippen molar-refractivity contribution in [1.29, 1.82) is 0 Å². The van der Waals surface area contributed by atoms with Crippen molar-refractivity contribution in [3.05, 3.63) is 47.8 Å². The molecule has 138 valence electrons. The van der Waals surface area contributed by atoms with Gasteiger partial charge in [-0.3, -0.25) is 4.79 Å². The number of hydrogen-bond donors (Lipinski definition) is 1. The molecular formula is C18H20F2N4OS. The van der Waals surface area contributed by atoms with Gasteiger partial charge in [0, 0.05) is 24.2 Å². The van der Waals surface area contributed by atoms with Crippen molar-refractivity contribution in [1.82, 2.24) is 15.3 Å². The lowest BCUT2D eigenvalue weighted by Gasteiger charge is -2.26. The molecule has 1 N–H and O–H groups in total. The molecule has 1 saturated heterocycles. The van der Waals surface area contributed by atoms with Crippen LogP contribution in [0.25, 0.3) is 0 Å². The molecule has 0 radical (unpaired) electrons. The second-order valence-electron chi connectivity index (χ2n) is 5.95. The van der Waals surface area contributed by atoms with Gasteiger partial charge in [-0.2, -0.15) is 8.78 Å². The van der Waals surface area contributed by atoms with Crippen LogP contribution in [0.15, 0.2) is 41.4 Å². The minimum Gasteiger partial charge on any atom is -0.346 e. The zero-order valence-electron chi connectivity index (χ0n) is 14.2. The number of hydrogen-bond acceptors (Lipinski definition) is 5. The van der Waals surface area contributed by atoms with Gasteiger partial charge in [-0.1, -0.05) is 23.9 Å². The van der Waals surface area contributed by atoms with Gasteiger partial charge in [0.2, 0.25) is 5.95 Å². The van der Waals surface area contributed by atoms with E-state index < -0.39 is 11.7 Å². The third-order valence-corrected chi connectivity index (χ3v) is 4.91. The first-order valence-corrected chi connectivity index (χ1v) is 9.40. The van der Waals surface area contributed by atoms with Gasteiger partial charge in [0.1, 0.15) is 0 Å². The fourth-order valence-corrected chi connectivity index (χ4v) is 3.49. The Balaban J connectivity index is 1.65. The second-order valence-corrected chi connectivity index (χ2v) is 6.98. The topological polar surface area (TPSA) is 58.1 Å². The van der Waals surface area contributed by atoms with Crippen molar-refractivity contribution >= 4 is 23.6 Å². The predicted octanol–water partition coefficient (Wildman–Crippen LogP) is 3.71. The largest absolute Gasteiger partial charge is 0.346 e. The smallest absolute Gasteiger partial charge is 0.288 e. The number of benzene rings is 1. The highest BCUT2D eigenvalue weighted by Crippen LogP contribution is 2.28. The highest BCUT2D eigenvalue weighted by Gasteiger charge is 2.16. The summed E-state index contributed by atoms with van der Waals surface area (Å²) in [6, 6.07) is 8.10. The molecule has 0 saturated carbocycles. The number of alkyl halides is 2. The van der Waals surface area contributed by atoms with Gasteiger partial charge in [-0.15, -0.1) is 0 Å². The van der Waals surface area contributed by atoms with Gasteiger partial charge >= 0.3 is 0 Å². The zero-order chi connectivity index (χ0) is 18.4. The summed E-state index contributed by atoms with van der Waals surface area (Å²) in [4.78, 5) is 23.6. The fraction of sp³-hybridized carbons (Fsp3) is 0.389. The first kappa shape index (κ1) is 18.6. The molecular weight excluding hydrogens is 358 g/mol. The van der Waals surface area contributed by atoms with Crippen molar-refractivity contribution in [3.8, 4) is 0 Å². The molecule has 1 aliphatic rings. The first-order chi connectivity index (χ1) is 12.6. The molecule has 3 rings (SSSR count). The van der Waals surface area contributed by atoms with Crippen molar-refractivity contribution in [3.63, 3.8) is 0 Å². The maximum atomic E-state index is 12.6. The fourth-order valence-electron chi connectivity index (χ4n) is 2.85. The van der Waals surface area contributed by atoms with E-state index in [4.69, 9.17) is 0 Å². The molecule has 5 nitrogen and oxygen atoms in total. The van der Waals surface area contributed by atoms with E-state index in [-0.39, 0.29) is 17.0 Å². The van der Waals surface area contributed by atoms with E-state index >= 15 is 0 Å². The van der Waals surface area contributed by atoms with E-state index in [1.807, 2.05) is 0 Å². The van der Waals surface area contributed by atoms with Crippen molar-refractivity contribution < 1.29 is 13.6 Å². The second kappa shape index (κ2) is 8.93. The van der Waals surface area contributed by atoms with Crippen LogP contribution in [0.2, 0.25) is 0 Å². The number of anilines is 1. The van der Waals surface area contributed by atoms with Crippen molar-refractivity contribution in [2.45, 2.75) is 36.5 Å². The average Bonchev–Trinajstić information content (AvgIpc) is 2.67. The van der Waals surface area contributed by atoms with Gasteiger partial charge in [0.05, 0.1) is 17.8 Å². The molecule has 1 amide bonds. The van der Waals surface area contributed by atoms with Crippen molar-refractivity contribution in [2.24, 2.45) is 0 Å². The third kappa shape index (κ3) is 4.91. The predicted molar refractivity (Wildman–Crippen MR) is 97.6 cm³/mol. The summed E-state index contributed by atoms with van der Waals surface area (Å²) >= 11 is 0.370. The summed E-state index contributed by atoms with van der Waals surface area (Å²) in [5, 5.41) is 2.75. The molecule has 1 fully saturated rings. The number of rotatable bonds is 6. The lowest BCUT2D eigenvalue weighted by atomic mass is 10.1. The van der Waals surface area contributed by atoms with Crippen LogP contribution in [0.4, 0.5) is 14.7 Å². The van der Waals surface area contributed by atoms with Gasteiger partial charge in [-0.05, 0) is 37.5 Å². The van der Waals surface area contributed by atoms with E-state index in [1.165, 1.54) is 12.5 Å². The lowest BCUT2D eigenvalue weighted by molar-refractivity contribution is 0.0947. The molecule has 1 aromatic carbocycles. The van der Waals surface area contributed by atoms with E-state index in [9.17, 15) is 13.6 Å². The summed E-state index contributed by atoms with van der Waals surface area (Å²) in [5.74, 6) is -2.30. The Morgan fingerprint density at radius 3 is 2.73 bits per heavy atom. The molecule has 0 unspecified atom stereocenters. The van der Waals surface area contributed by atoms with Crippen LogP contribution >= 0.6 is 11.8 Å². The standard InChI is InChI=1S/C18H20F2N4OS/c19-17(20)26-15-7-3-2-6-14(15)16(25)22-12-13-8-9-21-18(23-13)24-10-4-1-5-11-24/h2-3,6-9,17H,1,4-5,10-12H2,(H,22,25). The highest BCUT2D eigenvalue weighted by atomic mass is 32.2. The van der Waals surface area contributed by atoms with Crippen LogP contribution in [-0.2, 0) is 6.54 Å². The van der Waals surface area contributed by atoms with E-state index in [0.29, 0.717) is 23.4 Å². The molecule has 1 aliphatic heterocycles. The maximum absolute atomic E-state index is 12.6. The number of nitrogens with one attached hydrogen (secondary N) is 1. The summed E-state index contributed by atoms with van der Waals surface area (Å²) < 4.78 is 25.3. The minimum absolute atomic E-state index is 0.218. The Morgan fingerprint density at radius 2 is 1.96 bits per heavy atom. The summed E-state index contributed by atoms with van der Waals surface area (Å²) in [7, 11) is 0. The Labute approximate surface area is 155 Å². The number of nitrogens with zero attached hydrogens (tertiary/aromatic N) is 3. The number of aromatic nitrogens is 2. The molecule has 0 aliphatic carbocycles. The number of piperidine rings is 1. The van der Waals surface area contributed by atoms with E-state index in [1.54, 1.807) is 30.5 Å². The number of halogens is 2. The Morgan fingerprint density at radius 1 is 1.19 bits per heavy atom. The molecule has 0 bridgehead atoms. The van der Waals surface area contributed by atoms with Crippen LogP contribution in [0.1, 0.15) is 35.3 Å². The Bertz CT molecular complexity index is 753. The molecule has 2 heterocycles. The Kier molecular flexibility index (Phi) is 6.38. The molecule has 0 spiro atoms. The number of amides is 1. The van der Waals surface area contributed by atoms with Crippen LogP contribution in [0.5, 0.6) is 0 Å². The van der Waals surface area contributed by atoms with E-state index in [2.05, 4.69) is 20.2 Å². The van der Waals surface area contributed by atoms with Gasteiger partial charge < -0.3 is 10.2 Å². The average molecular weight is 378 g/mol. The molecule has 26 heavy (non-hydrogen) atoms. The monoisotopic (exact) mass is 378 g/mol. The lowest BCUT2D eigenvalue weighted by Crippen LogP contribution is -2.31. The number of carbonyl (C=O) groups is 1. The van der Waals surface area contributed by atoms with Gasteiger partial charge in [-0.25, -0.2) is 9.97 Å². The third-order valence-electron chi connectivity index (χ3n) is 4.12. The normalized spacial score (nSPS) is 14.5. The van der Waals surface area contributed by atoms with Crippen LogP contribution in [0, 0.1) is 0 Å². The van der Waals surface area contributed by atoms with Crippen LogP contribution in [-0.4, -0.2) is 34.7 Å². The zero-order valence-corrected chi connectivity index (χ0v) is 15.0. The summed E-state index contributed by atoms with van der Waals surface area (Å²) in [6.45, 7) is 2.10. The minimum atomic E-state index is -2.57. The van der Waals surface area contributed by atoms with Crippen LogP contribution < -0.4 is 10.2 Å². The molecule has 2 aromatic rings. The molecule has 8 heteroatoms. The van der Waals surface area contributed by atoms with Crippen molar-refractivity contribution in [2.75, 3.05) is 18.0 Å². The quantitative estimate of drug-likeness (QED) is 0.777.